The highest BCUT2D eigenvalue weighted by molar-refractivity contribution is 6.04. The van der Waals surface area contributed by atoms with E-state index >= 15 is 0 Å². The molecule has 3 rings (SSSR count). The van der Waals surface area contributed by atoms with Crippen LogP contribution in [0.3, 0.4) is 0 Å². The number of nitrogens with one attached hydrogen (secondary N) is 1. The van der Waals surface area contributed by atoms with Crippen LogP contribution in [-0.2, 0) is 0 Å². The first-order valence-electron chi connectivity index (χ1n) is 7.26. The molecule has 122 valence electrons. The zero-order chi connectivity index (χ0) is 17.8. The van der Waals surface area contributed by atoms with E-state index in [9.17, 15) is 9.18 Å². The SMILES string of the molecule is N#Cc1ccc(C(=O)Nc2cc(-c3ccc(F)nc3)ccc2N)nc1. The fourth-order valence-corrected chi connectivity index (χ4v) is 2.17. The van der Waals surface area contributed by atoms with E-state index in [0.717, 1.165) is 5.56 Å². The van der Waals surface area contributed by atoms with Crippen LogP contribution in [-0.4, -0.2) is 15.9 Å². The zero-order valence-corrected chi connectivity index (χ0v) is 12.9. The lowest BCUT2D eigenvalue weighted by Gasteiger charge is -2.10. The second-order valence-electron chi connectivity index (χ2n) is 5.17. The lowest BCUT2D eigenvalue weighted by molar-refractivity contribution is 0.102. The van der Waals surface area contributed by atoms with Crippen LogP contribution in [0.4, 0.5) is 15.8 Å². The molecule has 6 nitrogen and oxygen atoms in total. The molecule has 2 heterocycles. The number of carbonyl (C=O) groups excluding carboxylic acids is 1. The smallest absolute Gasteiger partial charge is 0.274 e. The standard InChI is InChI=1S/C18H12FN5O/c19-17-6-3-13(10-23-17)12-2-4-14(21)16(7-12)24-18(25)15-5-1-11(8-20)9-22-15/h1-7,9-10H,21H2,(H,24,25). The molecule has 3 aromatic rings. The molecule has 25 heavy (non-hydrogen) atoms. The lowest BCUT2D eigenvalue weighted by atomic mass is 10.1. The number of carbonyl (C=O) groups is 1. The Balaban J connectivity index is 1.86. The monoisotopic (exact) mass is 333 g/mol. The van der Waals surface area contributed by atoms with Crippen LogP contribution in [0.2, 0.25) is 0 Å². The fraction of sp³-hybridized carbons (Fsp3) is 0. The van der Waals surface area contributed by atoms with Crippen LogP contribution < -0.4 is 11.1 Å². The Kier molecular flexibility index (Phi) is 4.35. The number of halogens is 1. The third kappa shape index (κ3) is 3.59. The Morgan fingerprint density at radius 2 is 1.88 bits per heavy atom. The van der Waals surface area contributed by atoms with Crippen LogP contribution in [0, 0.1) is 17.3 Å². The van der Waals surface area contributed by atoms with Crippen molar-refractivity contribution >= 4 is 17.3 Å². The Bertz CT molecular complexity index is 962. The minimum Gasteiger partial charge on any atom is -0.397 e. The minimum atomic E-state index is -0.570. The highest BCUT2D eigenvalue weighted by Crippen LogP contribution is 2.27. The number of anilines is 2. The third-order valence-corrected chi connectivity index (χ3v) is 3.49. The summed E-state index contributed by atoms with van der Waals surface area (Å²) in [5.41, 5.74) is 8.62. The first kappa shape index (κ1) is 16.1. The van der Waals surface area contributed by atoms with E-state index < -0.39 is 11.9 Å². The normalized spacial score (nSPS) is 10.1. The summed E-state index contributed by atoms with van der Waals surface area (Å²) >= 11 is 0. The molecule has 0 spiro atoms. The average molecular weight is 333 g/mol. The first-order chi connectivity index (χ1) is 12.1. The molecule has 0 saturated carbocycles. The van der Waals surface area contributed by atoms with Crippen LogP contribution in [0.5, 0.6) is 0 Å². The second-order valence-corrected chi connectivity index (χ2v) is 5.17. The third-order valence-electron chi connectivity index (χ3n) is 3.49. The predicted molar refractivity (Wildman–Crippen MR) is 90.9 cm³/mol. The number of aromatic nitrogens is 2. The molecular formula is C18H12FN5O. The molecule has 1 amide bonds. The van der Waals surface area contributed by atoms with Crippen molar-refractivity contribution in [3.05, 3.63) is 72.1 Å². The van der Waals surface area contributed by atoms with Gasteiger partial charge in [0, 0.05) is 18.0 Å². The summed E-state index contributed by atoms with van der Waals surface area (Å²) in [7, 11) is 0. The van der Waals surface area contributed by atoms with Crippen molar-refractivity contribution in [3.8, 4) is 17.2 Å². The van der Waals surface area contributed by atoms with E-state index in [-0.39, 0.29) is 5.69 Å². The lowest BCUT2D eigenvalue weighted by Crippen LogP contribution is -2.14. The van der Waals surface area contributed by atoms with E-state index in [4.69, 9.17) is 11.0 Å². The number of benzene rings is 1. The maximum absolute atomic E-state index is 12.9. The van der Waals surface area contributed by atoms with Gasteiger partial charge < -0.3 is 11.1 Å². The van der Waals surface area contributed by atoms with Gasteiger partial charge in [-0.15, -0.1) is 0 Å². The van der Waals surface area contributed by atoms with Gasteiger partial charge >= 0.3 is 0 Å². The highest BCUT2D eigenvalue weighted by atomic mass is 19.1. The molecule has 0 aliphatic rings. The van der Waals surface area contributed by atoms with E-state index in [1.807, 2.05) is 6.07 Å². The number of nitrogens with two attached hydrogens (primary N) is 1. The quantitative estimate of drug-likeness (QED) is 0.566. The van der Waals surface area contributed by atoms with Crippen molar-refractivity contribution in [2.24, 2.45) is 0 Å². The van der Waals surface area contributed by atoms with Gasteiger partial charge in [-0.3, -0.25) is 4.79 Å². The van der Waals surface area contributed by atoms with Gasteiger partial charge in [0.2, 0.25) is 5.95 Å². The summed E-state index contributed by atoms with van der Waals surface area (Å²) in [6.07, 6.45) is 2.72. The number of nitrogen functional groups attached to an aromatic ring is 1. The summed E-state index contributed by atoms with van der Waals surface area (Å²) in [6, 6.07) is 12.8. The van der Waals surface area contributed by atoms with Gasteiger partial charge in [-0.2, -0.15) is 9.65 Å². The van der Waals surface area contributed by atoms with Gasteiger partial charge in [-0.05, 0) is 42.0 Å². The van der Waals surface area contributed by atoms with E-state index in [1.54, 1.807) is 24.3 Å². The highest BCUT2D eigenvalue weighted by Gasteiger charge is 2.11. The number of hydrogen-bond donors (Lipinski definition) is 2. The molecule has 0 aliphatic carbocycles. The molecule has 3 N–H and O–H groups in total. The maximum atomic E-state index is 12.9. The molecule has 0 radical (unpaired) electrons. The van der Waals surface area contributed by atoms with Gasteiger partial charge in [0.25, 0.3) is 5.91 Å². The minimum absolute atomic E-state index is 0.159. The van der Waals surface area contributed by atoms with Crippen LogP contribution in [0.25, 0.3) is 11.1 Å². The van der Waals surface area contributed by atoms with Gasteiger partial charge in [-0.25, -0.2) is 9.97 Å². The number of amides is 1. The number of pyridine rings is 2. The van der Waals surface area contributed by atoms with E-state index in [2.05, 4.69) is 15.3 Å². The Morgan fingerprint density at radius 1 is 1.08 bits per heavy atom. The van der Waals surface area contributed by atoms with Crippen molar-refractivity contribution in [3.63, 3.8) is 0 Å². The number of nitriles is 1. The molecule has 0 fully saturated rings. The van der Waals surface area contributed by atoms with Gasteiger partial charge in [0.15, 0.2) is 0 Å². The van der Waals surface area contributed by atoms with Crippen LogP contribution in [0.1, 0.15) is 16.1 Å². The Hall–Kier alpha value is -3.79. The molecule has 2 aromatic heterocycles. The molecule has 1 aromatic carbocycles. The van der Waals surface area contributed by atoms with Crippen molar-refractivity contribution in [2.75, 3.05) is 11.1 Å². The van der Waals surface area contributed by atoms with Gasteiger partial charge in [0.05, 0.1) is 16.9 Å². The Labute approximate surface area is 142 Å². The summed E-state index contributed by atoms with van der Waals surface area (Å²) in [4.78, 5) is 19.8. The van der Waals surface area contributed by atoms with E-state index in [1.165, 1.54) is 30.6 Å². The van der Waals surface area contributed by atoms with Crippen molar-refractivity contribution < 1.29 is 9.18 Å². The number of hydrogen-bond acceptors (Lipinski definition) is 5. The fourth-order valence-electron chi connectivity index (χ4n) is 2.17. The first-order valence-corrected chi connectivity index (χ1v) is 7.26. The number of nitrogens with zero attached hydrogens (tertiary/aromatic N) is 3. The largest absolute Gasteiger partial charge is 0.397 e. The van der Waals surface area contributed by atoms with Gasteiger partial charge in [0.1, 0.15) is 11.8 Å². The van der Waals surface area contributed by atoms with Gasteiger partial charge in [-0.1, -0.05) is 6.07 Å². The summed E-state index contributed by atoms with van der Waals surface area (Å²) < 4.78 is 12.9. The molecule has 7 heteroatoms. The molecule has 0 unspecified atom stereocenters. The predicted octanol–water partition coefficient (Wildman–Crippen LogP) is 2.99. The van der Waals surface area contributed by atoms with Crippen molar-refractivity contribution in [2.45, 2.75) is 0 Å². The topological polar surface area (TPSA) is 105 Å². The molecule has 0 atom stereocenters. The zero-order valence-electron chi connectivity index (χ0n) is 12.9. The molecular weight excluding hydrogens is 321 g/mol. The molecule has 0 bridgehead atoms. The summed E-state index contributed by atoms with van der Waals surface area (Å²) in [5.74, 6) is -1.02. The average Bonchev–Trinajstić information content (AvgIpc) is 2.64. The van der Waals surface area contributed by atoms with Crippen molar-refractivity contribution in [1.29, 1.82) is 5.26 Å². The summed E-state index contributed by atoms with van der Waals surface area (Å²) in [5, 5.41) is 11.4. The molecule has 0 saturated heterocycles. The van der Waals surface area contributed by atoms with Crippen LogP contribution in [0.15, 0.2) is 54.9 Å². The second kappa shape index (κ2) is 6.76. The van der Waals surface area contributed by atoms with Crippen molar-refractivity contribution in [1.82, 2.24) is 9.97 Å². The number of rotatable bonds is 3. The van der Waals surface area contributed by atoms with Crippen LogP contribution >= 0.6 is 0 Å². The molecule has 0 aliphatic heterocycles. The van der Waals surface area contributed by atoms with E-state index in [0.29, 0.717) is 22.5 Å². The Morgan fingerprint density at radius 3 is 2.52 bits per heavy atom. The summed E-state index contributed by atoms with van der Waals surface area (Å²) in [6.45, 7) is 0. The maximum Gasteiger partial charge on any atom is 0.274 e.